The first-order valence-electron chi connectivity index (χ1n) is 6.32. The van der Waals surface area contributed by atoms with Crippen LogP contribution in [0, 0.1) is 0 Å². The molecular formula is C12H16Cl6N2O2. The van der Waals surface area contributed by atoms with E-state index >= 15 is 0 Å². The van der Waals surface area contributed by atoms with Crippen LogP contribution in [-0.4, -0.2) is 71.3 Å². The normalized spacial score (nSPS) is 11.9. The maximum Gasteiger partial charge on any atom is 0.267 e. The zero-order chi connectivity index (χ0) is 17.1. The molecule has 0 bridgehead atoms. The Morgan fingerprint density at radius 3 is 1.00 bits per heavy atom. The Morgan fingerprint density at radius 1 is 0.591 bits per heavy atom. The van der Waals surface area contributed by atoms with Gasteiger partial charge in [-0.15, -0.1) is 46.4 Å². The summed E-state index contributed by atoms with van der Waals surface area (Å²) >= 11 is 34.4. The van der Waals surface area contributed by atoms with Gasteiger partial charge < -0.3 is 9.80 Å². The Balaban J connectivity index is 5.21. The first kappa shape index (κ1) is 22.4. The van der Waals surface area contributed by atoms with Crippen LogP contribution in [0.15, 0.2) is 10.1 Å². The van der Waals surface area contributed by atoms with E-state index in [9.17, 15) is 9.59 Å². The van der Waals surface area contributed by atoms with Crippen molar-refractivity contribution in [3.8, 4) is 0 Å². The Kier molecular flexibility index (Phi) is 13.0. The molecule has 0 unspecified atom stereocenters. The minimum absolute atomic E-state index is 0.211. The highest BCUT2D eigenvalue weighted by molar-refractivity contribution is 6.53. The van der Waals surface area contributed by atoms with Gasteiger partial charge in [0, 0.05) is 49.7 Å². The summed E-state index contributed by atoms with van der Waals surface area (Å²) in [5.41, 5.74) is 0. The predicted octanol–water partition coefficient (Wildman–Crippen LogP) is 3.29. The van der Waals surface area contributed by atoms with Gasteiger partial charge in [0.25, 0.3) is 11.8 Å². The maximum absolute atomic E-state index is 12.2. The Labute approximate surface area is 160 Å². The lowest BCUT2D eigenvalue weighted by molar-refractivity contribution is -0.128. The summed E-state index contributed by atoms with van der Waals surface area (Å²) in [6.45, 7) is 0.979. The highest BCUT2D eigenvalue weighted by Gasteiger charge is 2.25. The summed E-state index contributed by atoms with van der Waals surface area (Å²) in [7, 11) is 0. The maximum atomic E-state index is 12.2. The third-order valence-electron chi connectivity index (χ3n) is 2.56. The number of carbonyl (C=O) groups is 2. The lowest BCUT2D eigenvalue weighted by atomic mass is 10.3. The zero-order valence-electron chi connectivity index (χ0n) is 11.6. The summed E-state index contributed by atoms with van der Waals surface area (Å²) in [4.78, 5) is 27.1. The number of carbonyl (C=O) groups excluding carboxylic acids is 2. The molecule has 0 saturated carbocycles. The lowest BCUT2D eigenvalue weighted by Gasteiger charge is -2.23. The Hall–Kier alpha value is 0.420. The van der Waals surface area contributed by atoms with Gasteiger partial charge in [0.15, 0.2) is 0 Å². The number of halogens is 6. The molecule has 0 radical (unpaired) electrons. The summed E-state index contributed by atoms with van der Waals surface area (Å²) in [5, 5.41) is -0.757. The van der Waals surface area contributed by atoms with E-state index < -0.39 is 11.8 Å². The number of amides is 2. The molecule has 0 aliphatic carbocycles. The van der Waals surface area contributed by atoms with Crippen molar-refractivity contribution in [3.05, 3.63) is 10.1 Å². The molecule has 22 heavy (non-hydrogen) atoms. The van der Waals surface area contributed by atoms with Gasteiger partial charge in [-0.3, -0.25) is 9.59 Å². The van der Waals surface area contributed by atoms with E-state index in [2.05, 4.69) is 0 Å². The first-order valence-corrected chi connectivity index (χ1v) is 9.21. The molecule has 0 atom stereocenters. The molecule has 0 N–H and O–H groups in total. The topological polar surface area (TPSA) is 40.6 Å². The standard InChI is InChI=1S/C12H16Cl6N2O2/c13-1-5-19(6-2-14)11(21)9(17)10(18)12(22)20(7-3-15)8-4-16/h1-8H2. The molecule has 0 aliphatic rings. The van der Waals surface area contributed by atoms with Crippen molar-refractivity contribution in [2.24, 2.45) is 0 Å². The highest BCUT2D eigenvalue weighted by Crippen LogP contribution is 2.19. The SMILES string of the molecule is O=C(C(Cl)=C(Cl)C(=O)N(CCCl)CCCl)N(CCCl)CCCl. The van der Waals surface area contributed by atoms with E-state index in [0.29, 0.717) is 0 Å². The van der Waals surface area contributed by atoms with Crippen LogP contribution < -0.4 is 0 Å². The lowest BCUT2D eigenvalue weighted by Crippen LogP contribution is -2.37. The van der Waals surface area contributed by atoms with Crippen LogP contribution in [0.3, 0.4) is 0 Å². The smallest absolute Gasteiger partial charge is 0.267 e. The molecule has 0 fully saturated rings. The summed E-state index contributed by atoms with van der Waals surface area (Å²) in [5.74, 6) is -0.353. The highest BCUT2D eigenvalue weighted by atomic mass is 35.5. The summed E-state index contributed by atoms with van der Waals surface area (Å²) in [6, 6.07) is 0. The average molecular weight is 433 g/mol. The fourth-order valence-corrected chi connectivity index (χ4v) is 2.72. The van der Waals surface area contributed by atoms with Gasteiger partial charge in [-0.05, 0) is 0 Å². The largest absolute Gasteiger partial charge is 0.335 e. The first-order chi connectivity index (χ1) is 10.4. The van der Waals surface area contributed by atoms with E-state index in [1.807, 2.05) is 0 Å². The third-order valence-corrected chi connectivity index (χ3v) is 4.03. The molecule has 2 amide bonds. The molecule has 0 spiro atoms. The zero-order valence-corrected chi connectivity index (χ0v) is 16.2. The second kappa shape index (κ2) is 12.8. The molecule has 0 aromatic carbocycles. The molecule has 128 valence electrons. The van der Waals surface area contributed by atoms with Gasteiger partial charge in [0.05, 0.1) is 0 Å². The van der Waals surface area contributed by atoms with Crippen molar-refractivity contribution in [3.63, 3.8) is 0 Å². The van der Waals surface area contributed by atoms with Gasteiger partial charge in [0.2, 0.25) is 0 Å². The monoisotopic (exact) mass is 430 g/mol. The molecule has 0 heterocycles. The number of nitrogens with zero attached hydrogens (tertiary/aromatic N) is 2. The van der Waals surface area contributed by atoms with Gasteiger partial charge in [0.1, 0.15) is 10.1 Å². The number of hydrogen-bond acceptors (Lipinski definition) is 2. The second-order valence-electron chi connectivity index (χ2n) is 3.97. The Bertz CT molecular complexity index is 357. The molecule has 0 rings (SSSR count). The number of rotatable bonds is 10. The molecule has 4 nitrogen and oxygen atoms in total. The van der Waals surface area contributed by atoms with Crippen molar-refractivity contribution in [2.45, 2.75) is 0 Å². The molecule has 10 heteroatoms. The molecule has 0 aromatic heterocycles. The molecule has 0 aliphatic heterocycles. The average Bonchev–Trinajstić information content (AvgIpc) is 2.51. The molecule has 0 aromatic rings. The fraction of sp³-hybridized carbons (Fsp3) is 0.667. The minimum atomic E-state index is -0.599. The minimum Gasteiger partial charge on any atom is -0.335 e. The van der Waals surface area contributed by atoms with E-state index in [-0.39, 0.29) is 59.8 Å². The summed E-state index contributed by atoms with van der Waals surface area (Å²) < 4.78 is 0. The Morgan fingerprint density at radius 2 is 0.818 bits per heavy atom. The van der Waals surface area contributed by atoms with Gasteiger partial charge in [-0.25, -0.2) is 0 Å². The quantitative estimate of drug-likeness (QED) is 0.392. The third kappa shape index (κ3) is 7.33. The van der Waals surface area contributed by atoms with Crippen LogP contribution in [0.2, 0.25) is 0 Å². The van der Waals surface area contributed by atoms with E-state index in [0.717, 1.165) is 0 Å². The fourth-order valence-electron chi connectivity index (χ4n) is 1.50. The van der Waals surface area contributed by atoms with Crippen molar-refractivity contribution < 1.29 is 9.59 Å². The molecule has 0 saturated heterocycles. The summed E-state index contributed by atoms with van der Waals surface area (Å²) in [6.07, 6.45) is 0. The van der Waals surface area contributed by atoms with Crippen LogP contribution in [-0.2, 0) is 9.59 Å². The van der Waals surface area contributed by atoms with E-state index in [4.69, 9.17) is 69.6 Å². The van der Waals surface area contributed by atoms with Gasteiger partial charge >= 0.3 is 0 Å². The van der Waals surface area contributed by atoms with E-state index in [1.54, 1.807) is 0 Å². The van der Waals surface area contributed by atoms with Crippen molar-refractivity contribution in [1.82, 2.24) is 9.80 Å². The second-order valence-corrected chi connectivity index (χ2v) is 6.24. The van der Waals surface area contributed by atoms with Crippen molar-refractivity contribution >= 4 is 81.4 Å². The van der Waals surface area contributed by atoms with Gasteiger partial charge in [-0.1, -0.05) is 23.2 Å². The van der Waals surface area contributed by atoms with Crippen LogP contribution in [0.1, 0.15) is 0 Å². The van der Waals surface area contributed by atoms with Crippen LogP contribution in [0.4, 0.5) is 0 Å². The van der Waals surface area contributed by atoms with Crippen molar-refractivity contribution in [1.29, 1.82) is 0 Å². The van der Waals surface area contributed by atoms with Crippen LogP contribution >= 0.6 is 69.6 Å². The van der Waals surface area contributed by atoms with Crippen LogP contribution in [0.5, 0.6) is 0 Å². The van der Waals surface area contributed by atoms with Crippen molar-refractivity contribution in [2.75, 3.05) is 49.7 Å². The number of alkyl halides is 4. The predicted molar refractivity (Wildman–Crippen MR) is 94.8 cm³/mol. The van der Waals surface area contributed by atoms with E-state index in [1.165, 1.54) is 9.80 Å². The molecular weight excluding hydrogens is 417 g/mol. The van der Waals surface area contributed by atoms with Crippen LogP contribution in [0.25, 0.3) is 0 Å². The number of hydrogen-bond donors (Lipinski definition) is 0. The van der Waals surface area contributed by atoms with Gasteiger partial charge in [-0.2, -0.15) is 0 Å².